The van der Waals surface area contributed by atoms with Gasteiger partial charge in [0.1, 0.15) is 23.1 Å². The molecule has 0 aliphatic carbocycles. The summed E-state index contributed by atoms with van der Waals surface area (Å²) < 4.78 is 10.7. The maximum absolute atomic E-state index is 12.2. The monoisotopic (exact) mass is 360 g/mol. The Morgan fingerprint density at radius 2 is 1.84 bits per heavy atom. The van der Waals surface area contributed by atoms with Gasteiger partial charge in [0.05, 0.1) is 13.7 Å². The van der Waals surface area contributed by atoms with Gasteiger partial charge in [-0.25, -0.2) is 0 Å². The van der Waals surface area contributed by atoms with Crippen LogP contribution in [0, 0.1) is 6.92 Å². The zero-order valence-corrected chi connectivity index (χ0v) is 14.9. The number of rotatable bonds is 7. The first-order valence-corrected chi connectivity index (χ1v) is 8.06. The third-order valence-corrected chi connectivity index (χ3v) is 3.88. The van der Waals surface area contributed by atoms with Crippen LogP contribution in [0.2, 0.25) is 0 Å². The van der Waals surface area contributed by atoms with Gasteiger partial charge in [-0.1, -0.05) is 12.2 Å². The lowest BCUT2D eigenvalue weighted by Gasteiger charge is -2.10. The molecule has 0 fully saturated rings. The first kappa shape index (κ1) is 18.7. The summed E-state index contributed by atoms with van der Waals surface area (Å²) in [5, 5.41) is 11.6. The molecule has 1 amide bonds. The second-order valence-corrected chi connectivity index (χ2v) is 5.66. The minimum Gasteiger partial charge on any atom is -0.497 e. The molecule has 0 saturated heterocycles. The number of ether oxygens (including phenoxy) is 2. The molecule has 2 aromatic rings. The Morgan fingerprint density at radius 3 is 2.44 bits per heavy atom. The van der Waals surface area contributed by atoms with Gasteiger partial charge >= 0.3 is 0 Å². The van der Waals surface area contributed by atoms with E-state index in [9.17, 15) is 4.79 Å². The van der Waals surface area contributed by atoms with Crippen molar-refractivity contribution in [1.82, 2.24) is 10.8 Å². The Hall–Kier alpha value is -2.64. The first-order chi connectivity index (χ1) is 12.0. The van der Waals surface area contributed by atoms with Gasteiger partial charge in [0.25, 0.3) is 5.91 Å². The highest BCUT2D eigenvalue weighted by Gasteiger charge is 2.09. The zero-order chi connectivity index (χ0) is 18.2. The van der Waals surface area contributed by atoms with E-state index in [2.05, 4.69) is 5.32 Å². The quantitative estimate of drug-likeness (QED) is 0.400. The lowest BCUT2D eigenvalue weighted by atomic mass is 10.1. The van der Waals surface area contributed by atoms with Crippen LogP contribution in [0.5, 0.6) is 11.5 Å². The van der Waals surface area contributed by atoms with Gasteiger partial charge in [0, 0.05) is 11.1 Å². The van der Waals surface area contributed by atoms with E-state index in [1.807, 2.05) is 18.5 Å². The smallest absolute Gasteiger partial charge is 0.251 e. The normalized spacial score (nSPS) is 10.0. The molecule has 0 saturated carbocycles. The molecule has 3 N–H and O–H groups in total. The van der Waals surface area contributed by atoms with Crippen LogP contribution in [0.3, 0.4) is 0 Å². The Kier molecular flexibility index (Phi) is 6.73. The first-order valence-electron chi connectivity index (χ1n) is 7.65. The topological polar surface area (TPSA) is 79.8 Å². The number of aryl methyl sites for hydroxylation is 1. The largest absolute Gasteiger partial charge is 0.497 e. The van der Waals surface area contributed by atoms with Gasteiger partial charge in [-0.15, -0.1) is 0 Å². The molecule has 0 aliphatic rings. The van der Waals surface area contributed by atoms with Crippen LogP contribution in [0.15, 0.2) is 42.5 Å². The van der Waals surface area contributed by atoms with Crippen LogP contribution in [-0.2, 0) is 0 Å². The van der Waals surface area contributed by atoms with Gasteiger partial charge in [-0.05, 0) is 55.0 Å². The number of amides is 1. The van der Waals surface area contributed by atoms with Crippen LogP contribution in [-0.4, -0.2) is 36.4 Å². The molecule has 2 aromatic carbocycles. The summed E-state index contributed by atoms with van der Waals surface area (Å²) >= 11 is 4.92. The predicted octanol–water partition coefficient (Wildman–Crippen LogP) is 2.47. The molecule has 2 rings (SSSR count). The molecule has 7 heteroatoms. The number of benzene rings is 2. The van der Waals surface area contributed by atoms with E-state index in [4.69, 9.17) is 26.9 Å². The summed E-state index contributed by atoms with van der Waals surface area (Å²) in [6, 6.07) is 12.3. The third kappa shape index (κ3) is 5.17. The van der Waals surface area contributed by atoms with Gasteiger partial charge in [0.15, 0.2) is 0 Å². The minimum absolute atomic E-state index is 0.154. The van der Waals surface area contributed by atoms with E-state index >= 15 is 0 Å². The fraction of sp³-hybridized carbons (Fsp3) is 0.222. The maximum Gasteiger partial charge on any atom is 0.251 e. The van der Waals surface area contributed by atoms with Crippen LogP contribution in [0.1, 0.15) is 21.5 Å². The van der Waals surface area contributed by atoms with Crippen LogP contribution >= 0.6 is 12.2 Å². The molecule has 0 radical (unpaired) electrons. The van der Waals surface area contributed by atoms with Gasteiger partial charge in [-0.2, -0.15) is 0 Å². The van der Waals surface area contributed by atoms with Crippen molar-refractivity contribution in [2.24, 2.45) is 0 Å². The van der Waals surface area contributed by atoms with Gasteiger partial charge < -0.3 is 14.8 Å². The van der Waals surface area contributed by atoms with Crippen molar-refractivity contribution < 1.29 is 19.5 Å². The maximum atomic E-state index is 12.2. The highest BCUT2D eigenvalue weighted by Crippen LogP contribution is 2.16. The molecule has 6 nitrogen and oxygen atoms in total. The number of hydrogen-bond acceptors (Lipinski definition) is 5. The van der Waals surface area contributed by atoms with E-state index in [1.165, 1.54) is 0 Å². The molecule has 132 valence electrons. The van der Waals surface area contributed by atoms with Crippen molar-refractivity contribution in [3.8, 4) is 11.5 Å². The average Bonchev–Trinajstić information content (AvgIpc) is 2.64. The van der Waals surface area contributed by atoms with E-state index in [-0.39, 0.29) is 10.9 Å². The average molecular weight is 360 g/mol. The SMILES string of the molecule is COc1ccc(C(=O)NCCOc2ccc(C(=S)NO)cc2)c(C)c1. The van der Waals surface area contributed by atoms with E-state index in [0.717, 1.165) is 11.3 Å². The standard InChI is InChI=1S/C18H20N2O4S/c1-12-11-15(23-2)7-8-16(12)17(21)19-9-10-24-14-5-3-13(4-6-14)18(25)20-22/h3-8,11,22H,9-10H2,1-2H3,(H,19,21)(H,20,25). The summed E-state index contributed by atoms with van der Waals surface area (Å²) in [7, 11) is 1.59. The van der Waals surface area contributed by atoms with Gasteiger partial charge in [0.2, 0.25) is 0 Å². The highest BCUT2D eigenvalue weighted by molar-refractivity contribution is 7.80. The Labute approximate surface area is 151 Å². The molecular weight excluding hydrogens is 340 g/mol. The molecule has 0 bridgehead atoms. The second kappa shape index (κ2) is 9.00. The zero-order valence-electron chi connectivity index (χ0n) is 14.0. The number of methoxy groups -OCH3 is 1. The lowest BCUT2D eigenvalue weighted by Crippen LogP contribution is -2.28. The molecular formula is C18H20N2O4S. The summed E-state index contributed by atoms with van der Waals surface area (Å²) in [6.45, 7) is 2.58. The number of nitrogens with one attached hydrogen (secondary N) is 2. The number of carbonyl (C=O) groups excluding carboxylic acids is 1. The van der Waals surface area contributed by atoms with Crippen LogP contribution in [0.25, 0.3) is 0 Å². The molecule has 0 atom stereocenters. The Bertz CT molecular complexity index is 747. The lowest BCUT2D eigenvalue weighted by molar-refractivity contribution is 0.0946. The summed E-state index contributed by atoms with van der Waals surface area (Å²) in [5.41, 5.74) is 4.07. The van der Waals surface area contributed by atoms with Crippen molar-refractivity contribution in [3.05, 3.63) is 59.2 Å². The Balaban J connectivity index is 1.81. The van der Waals surface area contributed by atoms with Crippen molar-refractivity contribution >= 4 is 23.1 Å². The third-order valence-electron chi connectivity index (χ3n) is 3.55. The minimum atomic E-state index is -0.154. The highest BCUT2D eigenvalue weighted by atomic mass is 32.1. The van der Waals surface area contributed by atoms with Crippen LogP contribution in [0.4, 0.5) is 0 Å². The summed E-state index contributed by atoms with van der Waals surface area (Å²) in [6.07, 6.45) is 0. The number of carbonyl (C=O) groups is 1. The second-order valence-electron chi connectivity index (χ2n) is 5.25. The van der Waals surface area contributed by atoms with E-state index < -0.39 is 0 Å². The molecule has 0 aromatic heterocycles. The van der Waals surface area contributed by atoms with Crippen molar-refractivity contribution in [2.75, 3.05) is 20.3 Å². The molecule has 0 aliphatic heterocycles. The number of hydrogen-bond donors (Lipinski definition) is 3. The fourth-order valence-corrected chi connectivity index (χ4v) is 2.35. The van der Waals surface area contributed by atoms with Crippen molar-refractivity contribution in [3.63, 3.8) is 0 Å². The number of hydroxylamine groups is 1. The molecule has 25 heavy (non-hydrogen) atoms. The van der Waals surface area contributed by atoms with Gasteiger partial charge in [-0.3, -0.25) is 15.5 Å². The molecule has 0 spiro atoms. The van der Waals surface area contributed by atoms with Crippen molar-refractivity contribution in [1.29, 1.82) is 0 Å². The van der Waals surface area contributed by atoms with E-state index in [1.54, 1.807) is 43.5 Å². The Morgan fingerprint density at radius 1 is 1.16 bits per heavy atom. The van der Waals surface area contributed by atoms with Crippen LogP contribution < -0.4 is 20.3 Å². The van der Waals surface area contributed by atoms with Crippen molar-refractivity contribution in [2.45, 2.75) is 6.92 Å². The van der Waals surface area contributed by atoms with E-state index in [0.29, 0.717) is 30.0 Å². The molecule has 0 unspecified atom stereocenters. The predicted molar refractivity (Wildman–Crippen MR) is 98.6 cm³/mol. The molecule has 0 heterocycles. The number of thiocarbonyl (C=S) groups is 1. The summed E-state index contributed by atoms with van der Waals surface area (Å²) in [5.74, 6) is 1.22. The fourth-order valence-electron chi connectivity index (χ4n) is 2.21. The summed E-state index contributed by atoms with van der Waals surface area (Å²) in [4.78, 5) is 12.4.